The molecule has 2 heterocycles. The van der Waals surface area contributed by atoms with Crippen LogP contribution in [0.25, 0.3) is 0 Å². The van der Waals surface area contributed by atoms with Crippen LogP contribution in [0.3, 0.4) is 0 Å². The number of nitrogens with one attached hydrogen (secondary N) is 1. The van der Waals surface area contributed by atoms with Gasteiger partial charge in [0.05, 0.1) is 5.41 Å². The summed E-state index contributed by atoms with van der Waals surface area (Å²) < 4.78 is 13.5. The molecule has 98 valence electrons. The van der Waals surface area contributed by atoms with Gasteiger partial charge in [-0.25, -0.2) is 4.39 Å². The van der Waals surface area contributed by atoms with Crippen molar-refractivity contribution >= 4 is 23.4 Å². The van der Waals surface area contributed by atoms with Gasteiger partial charge in [0.15, 0.2) is 0 Å². The fourth-order valence-corrected chi connectivity index (χ4v) is 2.80. The maximum atomic E-state index is 13.5. The van der Waals surface area contributed by atoms with Crippen molar-refractivity contribution in [3.8, 4) is 0 Å². The zero-order chi connectivity index (χ0) is 13.8. The molecule has 6 heteroatoms. The van der Waals surface area contributed by atoms with Crippen LogP contribution in [-0.4, -0.2) is 24.8 Å². The van der Waals surface area contributed by atoms with Crippen LogP contribution >= 0.6 is 0 Å². The Morgan fingerprint density at radius 1 is 1.26 bits per heavy atom. The van der Waals surface area contributed by atoms with E-state index in [9.17, 15) is 18.8 Å². The molecule has 2 aliphatic rings. The molecule has 0 aliphatic carbocycles. The highest BCUT2D eigenvalue weighted by Crippen LogP contribution is 2.44. The van der Waals surface area contributed by atoms with Crippen molar-refractivity contribution in [3.63, 3.8) is 0 Å². The average Bonchev–Trinajstić information content (AvgIpc) is 2.62. The topological polar surface area (TPSA) is 66.5 Å². The first-order valence-electron chi connectivity index (χ1n) is 5.85. The number of amides is 3. The molecular formula is C13H11FN2O3. The van der Waals surface area contributed by atoms with E-state index in [4.69, 9.17) is 0 Å². The van der Waals surface area contributed by atoms with E-state index >= 15 is 0 Å². The molecule has 3 amide bonds. The van der Waals surface area contributed by atoms with Crippen molar-refractivity contribution < 1.29 is 18.8 Å². The summed E-state index contributed by atoms with van der Waals surface area (Å²) in [4.78, 5) is 36.9. The summed E-state index contributed by atoms with van der Waals surface area (Å²) in [5.41, 5.74) is -0.376. The second-order valence-electron chi connectivity index (χ2n) is 4.93. The minimum atomic E-state index is -1.25. The normalized spacial score (nSPS) is 25.8. The summed E-state index contributed by atoms with van der Waals surface area (Å²) in [6, 6.07) is 3.92. The number of hydrogen-bond donors (Lipinski definition) is 1. The largest absolute Gasteiger partial charge is 0.315 e. The number of carbonyl (C=O) groups excluding carboxylic acids is 3. The van der Waals surface area contributed by atoms with E-state index < -0.39 is 23.0 Å². The van der Waals surface area contributed by atoms with Crippen LogP contribution in [-0.2, 0) is 19.8 Å². The van der Waals surface area contributed by atoms with E-state index in [1.165, 1.54) is 23.1 Å². The third-order valence-electron chi connectivity index (χ3n) is 3.81. The average molecular weight is 262 g/mol. The third kappa shape index (κ3) is 1.49. The summed E-state index contributed by atoms with van der Waals surface area (Å²) in [6.07, 6.45) is -0.223. The molecule has 0 unspecified atom stereocenters. The van der Waals surface area contributed by atoms with Gasteiger partial charge >= 0.3 is 0 Å². The number of imide groups is 1. The number of carbonyl (C=O) groups is 3. The van der Waals surface area contributed by atoms with E-state index in [2.05, 4.69) is 5.32 Å². The summed E-state index contributed by atoms with van der Waals surface area (Å²) >= 11 is 0. The molecule has 1 spiro atoms. The molecule has 0 saturated carbocycles. The number of anilines is 1. The molecule has 1 N–H and O–H groups in total. The highest BCUT2D eigenvalue weighted by Gasteiger charge is 2.53. The predicted molar refractivity (Wildman–Crippen MR) is 63.9 cm³/mol. The lowest BCUT2D eigenvalue weighted by Crippen LogP contribution is -2.46. The van der Waals surface area contributed by atoms with E-state index in [-0.39, 0.29) is 18.7 Å². The number of rotatable bonds is 0. The zero-order valence-electron chi connectivity index (χ0n) is 10.2. The molecule has 1 aromatic rings. The number of fused-ring (bicyclic) bond motifs is 2. The van der Waals surface area contributed by atoms with Crippen LogP contribution in [0.5, 0.6) is 0 Å². The minimum absolute atomic E-state index is 0.109. The molecule has 1 aromatic carbocycles. The first-order chi connectivity index (χ1) is 8.94. The van der Waals surface area contributed by atoms with E-state index in [1.807, 2.05) is 0 Å². The Hall–Kier alpha value is -2.24. The van der Waals surface area contributed by atoms with Gasteiger partial charge in [-0.15, -0.1) is 0 Å². The fraction of sp³-hybridized carbons (Fsp3) is 0.308. The Bertz CT molecular complexity index is 628. The Balaban J connectivity index is 2.26. The SMILES string of the molecule is CN1C(=O)C[C@@]2(CC(=O)NC2=O)c2cc(F)ccc21. The first-order valence-corrected chi connectivity index (χ1v) is 5.85. The van der Waals surface area contributed by atoms with Crippen molar-refractivity contribution in [3.05, 3.63) is 29.6 Å². The minimum Gasteiger partial charge on any atom is -0.315 e. The van der Waals surface area contributed by atoms with Gasteiger partial charge in [-0.05, 0) is 23.8 Å². The number of halogens is 1. The highest BCUT2D eigenvalue weighted by molar-refractivity contribution is 6.14. The molecule has 1 atom stereocenters. The van der Waals surface area contributed by atoms with Crippen molar-refractivity contribution in [1.82, 2.24) is 5.32 Å². The smallest absolute Gasteiger partial charge is 0.238 e. The van der Waals surface area contributed by atoms with Gasteiger partial charge in [0.1, 0.15) is 5.82 Å². The van der Waals surface area contributed by atoms with Crippen LogP contribution in [0, 0.1) is 5.82 Å². The molecule has 5 nitrogen and oxygen atoms in total. The van der Waals surface area contributed by atoms with Crippen molar-refractivity contribution in [2.45, 2.75) is 18.3 Å². The van der Waals surface area contributed by atoms with Gasteiger partial charge in [0.25, 0.3) is 0 Å². The highest BCUT2D eigenvalue weighted by atomic mass is 19.1. The second-order valence-corrected chi connectivity index (χ2v) is 4.93. The van der Waals surface area contributed by atoms with E-state index in [0.29, 0.717) is 11.3 Å². The Morgan fingerprint density at radius 3 is 2.63 bits per heavy atom. The molecule has 19 heavy (non-hydrogen) atoms. The molecule has 3 rings (SSSR count). The standard InChI is InChI=1S/C13H11FN2O3/c1-16-9-3-2-7(14)4-8(9)13(6-11(16)18)5-10(17)15-12(13)19/h2-4H,5-6H2,1H3,(H,15,17,19)/t13-/m0/s1. The van der Waals surface area contributed by atoms with E-state index in [0.717, 1.165) is 0 Å². The lowest BCUT2D eigenvalue weighted by atomic mass is 9.72. The predicted octanol–water partition coefficient (Wildman–Crippen LogP) is 0.476. The fourth-order valence-electron chi connectivity index (χ4n) is 2.80. The number of benzene rings is 1. The lowest BCUT2D eigenvalue weighted by molar-refractivity contribution is -0.130. The van der Waals surface area contributed by atoms with Gasteiger partial charge in [0.2, 0.25) is 17.7 Å². The van der Waals surface area contributed by atoms with Gasteiger partial charge in [-0.1, -0.05) is 0 Å². The van der Waals surface area contributed by atoms with Crippen LogP contribution in [0.15, 0.2) is 18.2 Å². The third-order valence-corrected chi connectivity index (χ3v) is 3.81. The Kier molecular flexibility index (Phi) is 2.26. The van der Waals surface area contributed by atoms with Crippen LogP contribution in [0.4, 0.5) is 10.1 Å². The zero-order valence-corrected chi connectivity index (χ0v) is 10.2. The summed E-state index contributed by atoms with van der Waals surface area (Å²) in [5.74, 6) is -1.71. The van der Waals surface area contributed by atoms with E-state index in [1.54, 1.807) is 7.05 Å². The molecule has 2 aliphatic heterocycles. The van der Waals surface area contributed by atoms with Gasteiger partial charge in [-0.2, -0.15) is 0 Å². The number of hydrogen-bond acceptors (Lipinski definition) is 3. The van der Waals surface area contributed by atoms with Crippen LogP contribution in [0.2, 0.25) is 0 Å². The molecule has 1 fully saturated rings. The second kappa shape index (κ2) is 3.63. The molecule has 0 aromatic heterocycles. The quantitative estimate of drug-likeness (QED) is 0.691. The maximum absolute atomic E-state index is 13.5. The molecular weight excluding hydrogens is 251 g/mol. The molecule has 0 bridgehead atoms. The lowest BCUT2D eigenvalue weighted by Gasteiger charge is -2.36. The summed E-state index contributed by atoms with van der Waals surface area (Å²) in [5, 5.41) is 2.20. The first kappa shape index (κ1) is 11.8. The molecule has 0 radical (unpaired) electrons. The van der Waals surface area contributed by atoms with Crippen molar-refractivity contribution in [1.29, 1.82) is 0 Å². The summed E-state index contributed by atoms with van der Waals surface area (Å²) in [6.45, 7) is 0. The maximum Gasteiger partial charge on any atom is 0.238 e. The Morgan fingerprint density at radius 2 is 2.00 bits per heavy atom. The monoisotopic (exact) mass is 262 g/mol. The van der Waals surface area contributed by atoms with Crippen molar-refractivity contribution in [2.75, 3.05) is 11.9 Å². The van der Waals surface area contributed by atoms with Crippen LogP contribution in [0.1, 0.15) is 18.4 Å². The van der Waals surface area contributed by atoms with Gasteiger partial charge in [-0.3, -0.25) is 19.7 Å². The van der Waals surface area contributed by atoms with Crippen LogP contribution < -0.4 is 10.2 Å². The Labute approximate surface area is 108 Å². The molecule has 1 saturated heterocycles. The van der Waals surface area contributed by atoms with Gasteiger partial charge in [0, 0.05) is 25.6 Å². The van der Waals surface area contributed by atoms with Gasteiger partial charge < -0.3 is 4.90 Å². The number of nitrogens with zero attached hydrogens (tertiary/aromatic N) is 1. The summed E-state index contributed by atoms with van der Waals surface area (Å²) in [7, 11) is 1.57. The van der Waals surface area contributed by atoms with Crippen molar-refractivity contribution in [2.24, 2.45) is 0 Å².